The number of aryl methyl sites for hydroxylation is 1. The molecule has 1 aromatic heterocycles. The van der Waals surface area contributed by atoms with Crippen LogP contribution in [0.4, 0.5) is 0 Å². The van der Waals surface area contributed by atoms with Crippen LogP contribution in [-0.2, 0) is 6.42 Å². The maximum atomic E-state index is 5.11. The highest BCUT2D eigenvalue weighted by molar-refractivity contribution is 5.31. The third kappa shape index (κ3) is 2.37. The zero-order chi connectivity index (χ0) is 11.4. The van der Waals surface area contributed by atoms with Crippen molar-refractivity contribution in [2.75, 3.05) is 7.11 Å². The summed E-state index contributed by atoms with van der Waals surface area (Å²) >= 11 is 0. The van der Waals surface area contributed by atoms with Gasteiger partial charge in [0.25, 0.3) is 0 Å². The van der Waals surface area contributed by atoms with E-state index in [-0.39, 0.29) is 0 Å². The standard InChI is InChI=1S/C13H13N2O/c1-10-12(8-14-9-15-10)7-11-3-5-13(16-2)6-4-11/h3-6,9H,7H2,1-2H3. The molecule has 0 saturated heterocycles. The molecule has 16 heavy (non-hydrogen) atoms. The Labute approximate surface area is 95.1 Å². The number of nitrogens with zero attached hydrogens (tertiary/aromatic N) is 2. The van der Waals surface area contributed by atoms with Crippen molar-refractivity contribution in [2.45, 2.75) is 13.3 Å². The van der Waals surface area contributed by atoms with Crippen LogP contribution in [0.2, 0.25) is 0 Å². The summed E-state index contributed by atoms with van der Waals surface area (Å²) in [5.41, 5.74) is 3.22. The lowest BCUT2D eigenvalue weighted by molar-refractivity contribution is 0.414. The number of hydrogen-bond donors (Lipinski definition) is 0. The van der Waals surface area contributed by atoms with Crippen molar-refractivity contribution in [1.82, 2.24) is 9.97 Å². The van der Waals surface area contributed by atoms with E-state index in [0.717, 1.165) is 23.4 Å². The first-order valence-electron chi connectivity index (χ1n) is 5.10. The average molecular weight is 213 g/mol. The lowest BCUT2D eigenvalue weighted by atomic mass is 10.1. The van der Waals surface area contributed by atoms with Crippen molar-refractivity contribution in [1.29, 1.82) is 0 Å². The lowest BCUT2D eigenvalue weighted by Crippen LogP contribution is -1.96. The molecule has 3 nitrogen and oxygen atoms in total. The van der Waals surface area contributed by atoms with Crippen LogP contribution < -0.4 is 4.74 Å². The maximum absolute atomic E-state index is 5.11. The van der Waals surface area contributed by atoms with Gasteiger partial charge in [0.2, 0.25) is 0 Å². The molecule has 1 heterocycles. The van der Waals surface area contributed by atoms with E-state index >= 15 is 0 Å². The van der Waals surface area contributed by atoms with Crippen LogP contribution in [-0.4, -0.2) is 17.1 Å². The summed E-state index contributed by atoms with van der Waals surface area (Å²) in [5.74, 6) is 0.869. The van der Waals surface area contributed by atoms with E-state index in [1.54, 1.807) is 7.11 Å². The monoisotopic (exact) mass is 213 g/mol. The summed E-state index contributed by atoms with van der Waals surface area (Å²) in [6, 6.07) is 7.99. The van der Waals surface area contributed by atoms with E-state index in [2.05, 4.69) is 16.2 Å². The Kier molecular flexibility index (Phi) is 3.15. The number of ether oxygens (including phenoxy) is 1. The van der Waals surface area contributed by atoms with E-state index < -0.39 is 0 Å². The largest absolute Gasteiger partial charge is 0.497 e. The summed E-state index contributed by atoms with van der Waals surface area (Å²) in [5, 5.41) is 0. The Balaban J connectivity index is 2.18. The Morgan fingerprint density at radius 1 is 1.25 bits per heavy atom. The Bertz CT molecular complexity index is 466. The van der Waals surface area contributed by atoms with Gasteiger partial charge in [-0.05, 0) is 24.6 Å². The molecule has 0 saturated carbocycles. The van der Waals surface area contributed by atoms with Gasteiger partial charge in [-0.2, -0.15) is 0 Å². The van der Waals surface area contributed by atoms with Gasteiger partial charge in [0.15, 0.2) is 0 Å². The normalized spacial score (nSPS) is 10.1. The molecule has 0 amide bonds. The van der Waals surface area contributed by atoms with E-state index in [1.807, 2.05) is 31.2 Å². The minimum absolute atomic E-state index is 0.802. The van der Waals surface area contributed by atoms with Crippen LogP contribution in [0, 0.1) is 13.1 Å². The average Bonchev–Trinajstić information content (AvgIpc) is 2.33. The van der Waals surface area contributed by atoms with Crippen LogP contribution in [0.1, 0.15) is 16.8 Å². The highest BCUT2D eigenvalue weighted by Gasteiger charge is 2.01. The third-order valence-corrected chi connectivity index (χ3v) is 2.49. The lowest BCUT2D eigenvalue weighted by Gasteiger charge is -2.04. The van der Waals surface area contributed by atoms with Crippen LogP contribution in [0.5, 0.6) is 5.75 Å². The fraction of sp³-hybridized carbons (Fsp3) is 0.231. The quantitative estimate of drug-likeness (QED) is 0.783. The molecule has 0 bridgehead atoms. The number of rotatable bonds is 3. The smallest absolute Gasteiger partial charge is 0.118 e. The first kappa shape index (κ1) is 10.6. The van der Waals surface area contributed by atoms with Crippen LogP contribution in [0.3, 0.4) is 0 Å². The van der Waals surface area contributed by atoms with Crippen molar-refractivity contribution in [3.63, 3.8) is 0 Å². The molecule has 0 spiro atoms. The molecule has 0 unspecified atom stereocenters. The zero-order valence-corrected chi connectivity index (χ0v) is 9.40. The second-order valence-corrected chi connectivity index (χ2v) is 3.57. The predicted octanol–water partition coefficient (Wildman–Crippen LogP) is 2.18. The van der Waals surface area contributed by atoms with Gasteiger partial charge in [0.05, 0.1) is 13.3 Å². The number of benzene rings is 1. The van der Waals surface area contributed by atoms with Gasteiger partial charge < -0.3 is 4.74 Å². The van der Waals surface area contributed by atoms with Crippen molar-refractivity contribution in [3.05, 3.63) is 53.6 Å². The topological polar surface area (TPSA) is 35.0 Å². The molecule has 81 valence electrons. The summed E-state index contributed by atoms with van der Waals surface area (Å²) < 4.78 is 5.11. The Hall–Kier alpha value is -1.90. The minimum Gasteiger partial charge on any atom is -0.497 e. The van der Waals surface area contributed by atoms with Gasteiger partial charge >= 0.3 is 0 Å². The Morgan fingerprint density at radius 2 is 2.00 bits per heavy atom. The summed E-state index contributed by atoms with van der Waals surface area (Å²) in [6.07, 6.45) is 5.29. The highest BCUT2D eigenvalue weighted by atomic mass is 16.5. The molecule has 0 aliphatic carbocycles. The van der Waals surface area contributed by atoms with E-state index in [9.17, 15) is 0 Å². The van der Waals surface area contributed by atoms with Gasteiger partial charge in [-0.1, -0.05) is 12.1 Å². The highest BCUT2D eigenvalue weighted by Crippen LogP contribution is 2.15. The fourth-order valence-corrected chi connectivity index (χ4v) is 1.50. The summed E-state index contributed by atoms with van der Waals surface area (Å²) in [6.45, 7) is 1.97. The van der Waals surface area contributed by atoms with Crippen molar-refractivity contribution in [2.24, 2.45) is 0 Å². The first-order valence-corrected chi connectivity index (χ1v) is 5.10. The Morgan fingerprint density at radius 3 is 2.62 bits per heavy atom. The molecule has 1 aromatic carbocycles. The molecule has 0 aliphatic rings. The first-order chi connectivity index (χ1) is 7.79. The van der Waals surface area contributed by atoms with Crippen LogP contribution in [0.25, 0.3) is 0 Å². The van der Waals surface area contributed by atoms with Gasteiger partial charge in [-0.3, -0.25) is 0 Å². The summed E-state index contributed by atoms with van der Waals surface area (Å²) in [7, 11) is 1.66. The van der Waals surface area contributed by atoms with E-state index in [1.165, 1.54) is 11.9 Å². The molecule has 2 rings (SSSR count). The fourth-order valence-electron chi connectivity index (χ4n) is 1.50. The predicted molar refractivity (Wildman–Crippen MR) is 61.4 cm³/mol. The molecule has 0 atom stereocenters. The zero-order valence-electron chi connectivity index (χ0n) is 9.40. The molecule has 0 aliphatic heterocycles. The van der Waals surface area contributed by atoms with Crippen molar-refractivity contribution < 1.29 is 4.74 Å². The summed E-state index contributed by atoms with van der Waals surface area (Å²) in [4.78, 5) is 8.06. The van der Waals surface area contributed by atoms with Crippen LogP contribution >= 0.6 is 0 Å². The van der Waals surface area contributed by atoms with Gasteiger partial charge in [-0.15, -0.1) is 0 Å². The van der Waals surface area contributed by atoms with Crippen molar-refractivity contribution >= 4 is 0 Å². The SMILES string of the molecule is COc1ccc(Cc2[c]ncnc2C)cc1. The maximum Gasteiger partial charge on any atom is 0.118 e. The van der Waals surface area contributed by atoms with Crippen molar-refractivity contribution in [3.8, 4) is 5.75 Å². The van der Waals surface area contributed by atoms with E-state index in [4.69, 9.17) is 4.74 Å². The number of methoxy groups -OCH3 is 1. The third-order valence-electron chi connectivity index (χ3n) is 2.49. The number of aromatic nitrogens is 2. The molecular weight excluding hydrogens is 200 g/mol. The van der Waals surface area contributed by atoms with Gasteiger partial charge in [0.1, 0.15) is 12.1 Å². The number of hydrogen-bond acceptors (Lipinski definition) is 3. The van der Waals surface area contributed by atoms with Gasteiger partial charge in [-0.25, -0.2) is 9.97 Å². The molecular formula is C13H13N2O. The second kappa shape index (κ2) is 4.75. The molecule has 0 N–H and O–H groups in total. The second-order valence-electron chi connectivity index (χ2n) is 3.57. The molecule has 2 aromatic rings. The minimum atomic E-state index is 0.802. The van der Waals surface area contributed by atoms with Crippen LogP contribution in [0.15, 0.2) is 30.6 Å². The van der Waals surface area contributed by atoms with Gasteiger partial charge in [0, 0.05) is 17.7 Å². The molecule has 3 heteroatoms. The van der Waals surface area contributed by atoms with E-state index in [0.29, 0.717) is 0 Å². The molecule has 1 radical (unpaired) electrons. The molecule has 0 fully saturated rings.